The molecule has 3 aromatic rings. The number of fused-ring (bicyclic) bond motifs is 2. The van der Waals surface area contributed by atoms with Crippen LogP contribution in [0.25, 0.3) is 22.3 Å². The summed E-state index contributed by atoms with van der Waals surface area (Å²) in [6.07, 6.45) is 13.4. The summed E-state index contributed by atoms with van der Waals surface area (Å²) in [5, 5.41) is 24.6. The van der Waals surface area contributed by atoms with Crippen molar-refractivity contribution in [2.45, 2.75) is 50.6 Å². The summed E-state index contributed by atoms with van der Waals surface area (Å²) in [4.78, 5) is 4.04. The van der Waals surface area contributed by atoms with Crippen LogP contribution in [0.3, 0.4) is 0 Å². The fourth-order valence-corrected chi connectivity index (χ4v) is 5.39. The van der Waals surface area contributed by atoms with E-state index in [-0.39, 0.29) is 11.3 Å². The van der Waals surface area contributed by atoms with E-state index in [1.54, 1.807) is 18.6 Å². The van der Waals surface area contributed by atoms with E-state index in [9.17, 15) is 5.11 Å². The number of phenolic OH excluding ortho intramolecular Hbond substituents is 1. The Kier molecular flexibility index (Phi) is 4.29. The first-order chi connectivity index (χ1) is 13.6. The topological polar surface area (TPSA) is 75.9 Å². The molecule has 4 heterocycles. The van der Waals surface area contributed by atoms with Crippen molar-refractivity contribution in [2.24, 2.45) is 0 Å². The molecule has 6 nitrogen and oxygen atoms in total. The number of aromatic nitrogens is 4. The molecule has 2 bridgehead atoms. The van der Waals surface area contributed by atoms with Crippen molar-refractivity contribution in [3.63, 3.8) is 0 Å². The van der Waals surface area contributed by atoms with Gasteiger partial charge in [0.1, 0.15) is 10.8 Å². The van der Waals surface area contributed by atoms with Gasteiger partial charge in [-0.1, -0.05) is 23.3 Å². The molecule has 2 aliphatic rings. The molecule has 0 radical (unpaired) electrons. The van der Waals surface area contributed by atoms with Gasteiger partial charge in [-0.15, -0.1) is 10.2 Å². The van der Waals surface area contributed by atoms with Crippen LogP contribution in [-0.4, -0.2) is 36.4 Å². The molecule has 1 aromatic carbocycles. The zero-order valence-electron chi connectivity index (χ0n) is 15.8. The summed E-state index contributed by atoms with van der Waals surface area (Å²) < 4.78 is 1.86. The Hall–Kier alpha value is -2.51. The minimum atomic E-state index is 0.200. The average Bonchev–Trinajstić information content (AvgIpc) is 3.32. The molecule has 7 heteroatoms. The van der Waals surface area contributed by atoms with Crippen LogP contribution in [0.2, 0.25) is 0 Å². The van der Waals surface area contributed by atoms with Crippen LogP contribution in [0, 0.1) is 0 Å². The predicted molar refractivity (Wildman–Crippen MR) is 111 cm³/mol. The third kappa shape index (κ3) is 3.36. The molecule has 2 fully saturated rings. The second kappa shape index (κ2) is 6.83. The maximum absolute atomic E-state index is 10.5. The van der Waals surface area contributed by atoms with Gasteiger partial charge >= 0.3 is 0 Å². The van der Waals surface area contributed by atoms with E-state index >= 15 is 0 Å². The maximum atomic E-state index is 10.5. The summed E-state index contributed by atoms with van der Waals surface area (Å²) in [5.41, 5.74) is 3.25. The van der Waals surface area contributed by atoms with Gasteiger partial charge in [0.05, 0.1) is 17.6 Å². The van der Waals surface area contributed by atoms with Crippen molar-refractivity contribution in [3.05, 3.63) is 47.5 Å². The second-order valence-corrected chi connectivity index (χ2v) is 9.10. The van der Waals surface area contributed by atoms with Gasteiger partial charge in [-0.2, -0.15) is 0 Å². The highest BCUT2D eigenvalue weighted by Gasteiger charge is 2.36. The molecule has 0 spiro atoms. The van der Waals surface area contributed by atoms with Gasteiger partial charge in [0.15, 0.2) is 5.01 Å². The van der Waals surface area contributed by atoms with Gasteiger partial charge in [0, 0.05) is 30.0 Å². The van der Waals surface area contributed by atoms with Crippen LogP contribution < -0.4 is 5.32 Å². The van der Waals surface area contributed by atoms with Gasteiger partial charge < -0.3 is 15.0 Å². The van der Waals surface area contributed by atoms with E-state index in [0.717, 1.165) is 28.5 Å². The lowest BCUT2D eigenvalue weighted by Crippen LogP contribution is -2.55. The van der Waals surface area contributed by atoms with Crippen LogP contribution in [0.1, 0.15) is 44.0 Å². The quantitative estimate of drug-likeness (QED) is 0.698. The monoisotopic (exact) mass is 393 g/mol. The molecule has 0 aliphatic carbocycles. The second-order valence-electron chi connectivity index (χ2n) is 8.09. The van der Waals surface area contributed by atoms with Gasteiger partial charge in [-0.05, 0) is 50.8 Å². The van der Waals surface area contributed by atoms with Crippen LogP contribution in [0.5, 0.6) is 5.75 Å². The number of benzene rings is 1. The van der Waals surface area contributed by atoms with Crippen molar-refractivity contribution >= 4 is 17.4 Å². The molecular weight excluding hydrogens is 370 g/mol. The van der Waals surface area contributed by atoms with Gasteiger partial charge in [0.25, 0.3) is 0 Å². The van der Waals surface area contributed by atoms with E-state index in [1.165, 1.54) is 36.2 Å². The number of imidazole rings is 1. The smallest absolute Gasteiger partial charge is 0.151 e. The zero-order valence-corrected chi connectivity index (χ0v) is 16.6. The standard InChI is InChI=1S/C21H23N5OS/c1-21-6-2-3-15(23-21)9-14(12-21)10-19-24-25-20(28-19)17-5-4-16(11-18(17)27)26-8-7-22-13-26/h4-5,7-8,10-11,13,15,23,27H,2-3,6,9,12H2,1H3/b14-10+/t15-,21+/m1/s1. The SMILES string of the molecule is C[C@]12CCC[C@H](C/C(=C\c3nnc(-c4ccc(-n5ccnc5)cc4O)s3)C1)N2. The minimum Gasteiger partial charge on any atom is -0.507 e. The summed E-state index contributed by atoms with van der Waals surface area (Å²) >= 11 is 1.53. The Bertz CT molecular complexity index is 1030. The highest BCUT2D eigenvalue weighted by atomic mass is 32.1. The van der Waals surface area contributed by atoms with Crippen LogP contribution in [0.15, 0.2) is 42.5 Å². The molecule has 0 saturated carbocycles. The molecule has 5 rings (SSSR count). The summed E-state index contributed by atoms with van der Waals surface area (Å²) in [6, 6.07) is 6.15. The lowest BCUT2D eigenvalue weighted by molar-refractivity contribution is 0.192. The molecule has 0 amide bonds. The number of nitrogens with zero attached hydrogens (tertiary/aromatic N) is 4. The maximum Gasteiger partial charge on any atom is 0.151 e. The van der Waals surface area contributed by atoms with E-state index in [2.05, 4.69) is 33.5 Å². The van der Waals surface area contributed by atoms with E-state index in [0.29, 0.717) is 11.6 Å². The molecule has 2 saturated heterocycles. The average molecular weight is 394 g/mol. The first-order valence-electron chi connectivity index (χ1n) is 9.70. The van der Waals surface area contributed by atoms with Crippen LogP contribution in [-0.2, 0) is 0 Å². The molecule has 144 valence electrons. The summed E-state index contributed by atoms with van der Waals surface area (Å²) in [6.45, 7) is 2.33. The number of nitrogens with one attached hydrogen (secondary N) is 1. The fraction of sp³-hybridized carbons (Fsp3) is 0.381. The van der Waals surface area contributed by atoms with Gasteiger partial charge in [-0.3, -0.25) is 0 Å². The van der Waals surface area contributed by atoms with Crippen molar-refractivity contribution < 1.29 is 5.11 Å². The lowest BCUT2D eigenvalue weighted by atomic mass is 9.75. The molecule has 28 heavy (non-hydrogen) atoms. The van der Waals surface area contributed by atoms with E-state index in [4.69, 9.17) is 0 Å². The van der Waals surface area contributed by atoms with E-state index in [1.807, 2.05) is 22.9 Å². The Morgan fingerprint density at radius 2 is 2.29 bits per heavy atom. The number of hydrogen-bond donors (Lipinski definition) is 2. The number of rotatable bonds is 3. The third-order valence-corrected chi connectivity index (χ3v) is 6.65. The van der Waals surface area contributed by atoms with Crippen molar-refractivity contribution in [2.75, 3.05) is 0 Å². The molecule has 2 aliphatic heterocycles. The first kappa shape index (κ1) is 17.6. The predicted octanol–water partition coefficient (Wildman–Crippen LogP) is 4.17. The minimum absolute atomic E-state index is 0.200. The molecule has 2 N–H and O–H groups in total. The Morgan fingerprint density at radius 1 is 1.36 bits per heavy atom. The first-order valence-corrected chi connectivity index (χ1v) is 10.5. The van der Waals surface area contributed by atoms with Crippen molar-refractivity contribution in [1.29, 1.82) is 0 Å². The zero-order chi connectivity index (χ0) is 19.1. The number of hydrogen-bond acceptors (Lipinski definition) is 6. The van der Waals surface area contributed by atoms with E-state index < -0.39 is 0 Å². The lowest BCUT2D eigenvalue weighted by Gasteiger charge is -2.45. The molecule has 2 atom stereocenters. The Balaban J connectivity index is 1.39. The van der Waals surface area contributed by atoms with Crippen LogP contribution in [0.4, 0.5) is 0 Å². The van der Waals surface area contributed by atoms with Crippen molar-refractivity contribution in [1.82, 2.24) is 25.1 Å². The highest BCUT2D eigenvalue weighted by Crippen LogP contribution is 2.38. The molecule has 2 aromatic heterocycles. The number of phenols is 1. The third-order valence-electron chi connectivity index (χ3n) is 5.74. The Labute approximate surface area is 168 Å². The summed E-state index contributed by atoms with van der Waals surface area (Å²) in [5.74, 6) is 0.200. The number of aromatic hydroxyl groups is 1. The fourth-order valence-electron chi connectivity index (χ4n) is 4.52. The number of piperidine rings is 2. The summed E-state index contributed by atoms with van der Waals surface area (Å²) in [7, 11) is 0. The molecule has 0 unspecified atom stereocenters. The largest absolute Gasteiger partial charge is 0.507 e. The van der Waals surface area contributed by atoms with Crippen molar-refractivity contribution in [3.8, 4) is 22.0 Å². The normalized spacial score (nSPS) is 25.9. The van der Waals surface area contributed by atoms with Gasteiger partial charge in [0.2, 0.25) is 0 Å². The Morgan fingerprint density at radius 3 is 3.07 bits per heavy atom. The van der Waals surface area contributed by atoms with Crippen LogP contribution >= 0.6 is 11.3 Å². The van der Waals surface area contributed by atoms with Gasteiger partial charge in [-0.25, -0.2) is 4.98 Å². The highest BCUT2D eigenvalue weighted by molar-refractivity contribution is 7.15. The molecular formula is C21H23N5OS.